The van der Waals surface area contributed by atoms with Crippen LogP contribution in [0.1, 0.15) is 21.5 Å². The van der Waals surface area contributed by atoms with Crippen LogP contribution in [-0.4, -0.2) is 20.2 Å². The lowest BCUT2D eigenvalue weighted by Crippen LogP contribution is -2.03. The predicted octanol–water partition coefficient (Wildman–Crippen LogP) is 2.05. The van der Waals surface area contributed by atoms with Gasteiger partial charge in [0.2, 0.25) is 0 Å². The van der Waals surface area contributed by atoms with Crippen molar-refractivity contribution in [2.24, 2.45) is 0 Å². The topological polar surface area (TPSA) is 35.5 Å². The third kappa shape index (κ3) is 1.61. The van der Waals surface area contributed by atoms with Crippen molar-refractivity contribution >= 4 is 12.0 Å². The van der Waals surface area contributed by atoms with Gasteiger partial charge in [-0.25, -0.2) is 4.79 Å². The van der Waals surface area contributed by atoms with Crippen LogP contribution in [0.4, 0.5) is 0 Å². The Labute approximate surface area is 88.3 Å². The minimum Gasteiger partial charge on any atom is -0.496 e. The zero-order chi connectivity index (χ0) is 10.8. The lowest BCUT2D eigenvalue weighted by atomic mass is 10.0. The average Bonchev–Trinajstić information content (AvgIpc) is 2.74. The summed E-state index contributed by atoms with van der Waals surface area (Å²) < 4.78 is 9.92. The highest BCUT2D eigenvalue weighted by Crippen LogP contribution is 2.30. The summed E-state index contributed by atoms with van der Waals surface area (Å²) in [7, 11) is 2.98. The highest BCUT2D eigenvalue weighted by atomic mass is 16.5. The van der Waals surface area contributed by atoms with Gasteiger partial charge in [0.25, 0.3) is 0 Å². The van der Waals surface area contributed by atoms with Gasteiger partial charge < -0.3 is 9.47 Å². The Morgan fingerprint density at radius 2 is 2.13 bits per heavy atom. The molecule has 1 aromatic rings. The number of carbonyl (C=O) groups excluding carboxylic acids is 1. The third-order valence-corrected chi connectivity index (χ3v) is 2.50. The van der Waals surface area contributed by atoms with Gasteiger partial charge in [0, 0.05) is 5.56 Å². The molecule has 2 rings (SSSR count). The number of rotatable bonds is 2. The smallest absolute Gasteiger partial charge is 0.338 e. The molecule has 0 aromatic heterocycles. The van der Waals surface area contributed by atoms with Gasteiger partial charge in [-0.1, -0.05) is 12.2 Å². The fourth-order valence-corrected chi connectivity index (χ4v) is 1.76. The molecule has 0 amide bonds. The maximum atomic E-state index is 11.4. The monoisotopic (exact) mass is 204 g/mol. The Balaban J connectivity index is 2.51. The van der Waals surface area contributed by atoms with Gasteiger partial charge in [0.05, 0.1) is 19.8 Å². The summed E-state index contributed by atoms with van der Waals surface area (Å²) >= 11 is 0. The lowest BCUT2D eigenvalue weighted by molar-refractivity contribution is 0.0600. The van der Waals surface area contributed by atoms with E-state index < -0.39 is 0 Å². The molecule has 0 spiro atoms. The first-order valence-electron chi connectivity index (χ1n) is 4.72. The van der Waals surface area contributed by atoms with Crippen LogP contribution in [0.3, 0.4) is 0 Å². The lowest BCUT2D eigenvalue weighted by Gasteiger charge is -2.09. The van der Waals surface area contributed by atoms with E-state index in [2.05, 4.69) is 4.74 Å². The Morgan fingerprint density at radius 3 is 2.80 bits per heavy atom. The first-order valence-corrected chi connectivity index (χ1v) is 4.72. The molecule has 0 fully saturated rings. The fourth-order valence-electron chi connectivity index (χ4n) is 1.76. The molecule has 0 saturated heterocycles. The second kappa shape index (κ2) is 3.77. The number of hydrogen-bond donors (Lipinski definition) is 0. The molecule has 0 heterocycles. The third-order valence-electron chi connectivity index (χ3n) is 2.50. The normalized spacial score (nSPS) is 12.4. The number of esters is 1. The number of methoxy groups -OCH3 is 2. The van der Waals surface area contributed by atoms with Crippen molar-refractivity contribution in [1.82, 2.24) is 0 Å². The molecule has 1 aliphatic carbocycles. The van der Waals surface area contributed by atoms with Gasteiger partial charge in [0.15, 0.2) is 0 Å². The van der Waals surface area contributed by atoms with E-state index in [1.807, 2.05) is 18.2 Å². The van der Waals surface area contributed by atoms with Crippen LogP contribution < -0.4 is 4.74 Å². The Morgan fingerprint density at radius 1 is 1.33 bits per heavy atom. The summed E-state index contributed by atoms with van der Waals surface area (Å²) in [5, 5.41) is 0. The maximum absolute atomic E-state index is 11.4. The van der Waals surface area contributed by atoms with Crippen LogP contribution in [0.25, 0.3) is 6.08 Å². The summed E-state index contributed by atoms with van der Waals surface area (Å²) in [6.45, 7) is 0. The molecule has 0 unspecified atom stereocenters. The van der Waals surface area contributed by atoms with Gasteiger partial charge in [-0.05, 0) is 24.1 Å². The standard InChI is InChI=1S/C12H12O3/c1-14-11-7-9(12(13)15-2)6-8-4-3-5-10(8)11/h3-4,6-7H,5H2,1-2H3. The van der Waals surface area contributed by atoms with Gasteiger partial charge in [-0.2, -0.15) is 0 Å². The second-order valence-electron chi connectivity index (χ2n) is 3.34. The second-order valence-corrected chi connectivity index (χ2v) is 3.34. The minimum absolute atomic E-state index is 0.337. The van der Waals surface area contributed by atoms with Crippen molar-refractivity contribution < 1.29 is 14.3 Å². The van der Waals surface area contributed by atoms with E-state index in [9.17, 15) is 4.79 Å². The SMILES string of the molecule is COC(=O)c1cc2c(c(OC)c1)CC=C2. The molecular formula is C12H12O3. The number of carbonyl (C=O) groups is 1. The van der Waals surface area contributed by atoms with Crippen LogP contribution in [0, 0.1) is 0 Å². The molecule has 0 radical (unpaired) electrons. The molecule has 15 heavy (non-hydrogen) atoms. The average molecular weight is 204 g/mol. The van der Waals surface area contributed by atoms with E-state index in [0.29, 0.717) is 5.56 Å². The molecular weight excluding hydrogens is 192 g/mol. The summed E-state index contributed by atoms with van der Waals surface area (Å²) in [4.78, 5) is 11.4. The molecule has 1 aliphatic rings. The summed E-state index contributed by atoms with van der Waals surface area (Å²) in [6.07, 6.45) is 4.90. The van der Waals surface area contributed by atoms with E-state index >= 15 is 0 Å². The van der Waals surface area contributed by atoms with Crippen LogP contribution in [0.5, 0.6) is 5.75 Å². The number of benzene rings is 1. The summed E-state index contributed by atoms with van der Waals surface area (Å²) in [6, 6.07) is 3.55. The van der Waals surface area contributed by atoms with Crippen molar-refractivity contribution in [2.75, 3.05) is 14.2 Å². The van der Waals surface area contributed by atoms with E-state index in [0.717, 1.165) is 23.3 Å². The van der Waals surface area contributed by atoms with Crippen molar-refractivity contribution in [3.05, 3.63) is 34.9 Å². The molecule has 3 heteroatoms. The van der Waals surface area contributed by atoms with Crippen LogP contribution >= 0.6 is 0 Å². The van der Waals surface area contributed by atoms with Gasteiger partial charge in [0.1, 0.15) is 5.75 Å². The highest BCUT2D eigenvalue weighted by molar-refractivity contribution is 5.91. The van der Waals surface area contributed by atoms with Crippen molar-refractivity contribution in [3.8, 4) is 5.75 Å². The summed E-state index contributed by atoms with van der Waals surface area (Å²) in [5.41, 5.74) is 2.69. The van der Waals surface area contributed by atoms with E-state index in [-0.39, 0.29) is 5.97 Å². The van der Waals surface area contributed by atoms with Gasteiger partial charge in [-0.15, -0.1) is 0 Å². The predicted molar refractivity (Wildman–Crippen MR) is 57.1 cm³/mol. The number of hydrogen-bond acceptors (Lipinski definition) is 3. The van der Waals surface area contributed by atoms with Crippen molar-refractivity contribution in [3.63, 3.8) is 0 Å². The van der Waals surface area contributed by atoms with Crippen LogP contribution in [-0.2, 0) is 11.2 Å². The van der Waals surface area contributed by atoms with E-state index in [4.69, 9.17) is 4.74 Å². The number of ether oxygens (including phenoxy) is 2. The Kier molecular flexibility index (Phi) is 2.46. The van der Waals surface area contributed by atoms with Gasteiger partial charge >= 0.3 is 5.97 Å². The fraction of sp³-hybridized carbons (Fsp3) is 0.250. The van der Waals surface area contributed by atoms with Gasteiger partial charge in [-0.3, -0.25) is 0 Å². The van der Waals surface area contributed by atoms with Crippen LogP contribution in [0.2, 0.25) is 0 Å². The quantitative estimate of drug-likeness (QED) is 0.691. The van der Waals surface area contributed by atoms with Crippen LogP contribution in [0.15, 0.2) is 18.2 Å². The zero-order valence-electron chi connectivity index (χ0n) is 8.74. The largest absolute Gasteiger partial charge is 0.496 e. The van der Waals surface area contributed by atoms with E-state index in [1.165, 1.54) is 7.11 Å². The molecule has 0 atom stereocenters. The zero-order valence-corrected chi connectivity index (χ0v) is 8.74. The molecule has 0 bridgehead atoms. The minimum atomic E-state index is -0.337. The van der Waals surface area contributed by atoms with Crippen molar-refractivity contribution in [2.45, 2.75) is 6.42 Å². The first-order chi connectivity index (χ1) is 7.26. The number of allylic oxidation sites excluding steroid dienone is 1. The Hall–Kier alpha value is -1.77. The molecule has 1 aromatic carbocycles. The highest BCUT2D eigenvalue weighted by Gasteiger charge is 2.16. The molecule has 0 saturated carbocycles. The maximum Gasteiger partial charge on any atom is 0.338 e. The first kappa shape index (κ1) is 9.77. The molecule has 0 aliphatic heterocycles. The van der Waals surface area contributed by atoms with Crippen molar-refractivity contribution in [1.29, 1.82) is 0 Å². The molecule has 0 N–H and O–H groups in total. The summed E-state index contributed by atoms with van der Waals surface area (Å²) in [5.74, 6) is 0.411. The molecule has 78 valence electrons. The number of fused-ring (bicyclic) bond motifs is 1. The molecule has 3 nitrogen and oxygen atoms in total. The Bertz CT molecular complexity index is 433. The van der Waals surface area contributed by atoms with E-state index in [1.54, 1.807) is 13.2 Å².